The standard InChI is InChI=1S/C20H20F2N8O2S/c1-12-10-23-17(24-11-12)9-13(2)33(31,32)28-20-26-25-19(16-7-8-29(3)27-16)30(20)18-14(21)5-4-6-15(18)22/h4-8,10-11,13H,9H2,1-3H3,(H,26,28)/t13-/m0/s1. The van der Waals surface area contributed by atoms with Gasteiger partial charge in [0.25, 0.3) is 0 Å². The lowest BCUT2D eigenvalue weighted by molar-refractivity contribution is 0.569. The molecule has 10 nitrogen and oxygen atoms in total. The van der Waals surface area contributed by atoms with Gasteiger partial charge in [-0.3, -0.25) is 14.0 Å². The molecule has 0 aliphatic rings. The van der Waals surface area contributed by atoms with E-state index in [2.05, 4.69) is 30.0 Å². The average Bonchev–Trinajstić information content (AvgIpc) is 3.35. The summed E-state index contributed by atoms with van der Waals surface area (Å²) in [6.45, 7) is 3.29. The number of aromatic nitrogens is 7. The van der Waals surface area contributed by atoms with E-state index in [1.54, 1.807) is 31.7 Å². The monoisotopic (exact) mass is 474 g/mol. The van der Waals surface area contributed by atoms with E-state index in [-0.39, 0.29) is 23.9 Å². The van der Waals surface area contributed by atoms with Crippen LogP contribution in [0.2, 0.25) is 0 Å². The second kappa shape index (κ2) is 8.65. The third-order valence-corrected chi connectivity index (χ3v) is 6.53. The highest BCUT2D eigenvalue weighted by atomic mass is 32.2. The van der Waals surface area contributed by atoms with E-state index >= 15 is 0 Å². The van der Waals surface area contributed by atoms with E-state index in [0.29, 0.717) is 5.82 Å². The Bertz CT molecular complexity index is 1380. The molecule has 0 fully saturated rings. The summed E-state index contributed by atoms with van der Waals surface area (Å²) in [5, 5.41) is 11.0. The molecule has 1 aromatic carbocycles. The van der Waals surface area contributed by atoms with Gasteiger partial charge in [0.2, 0.25) is 16.0 Å². The molecule has 0 spiro atoms. The second-order valence-electron chi connectivity index (χ2n) is 7.47. The molecule has 0 unspecified atom stereocenters. The van der Waals surface area contributed by atoms with Crippen molar-refractivity contribution in [1.29, 1.82) is 0 Å². The predicted molar refractivity (Wildman–Crippen MR) is 116 cm³/mol. The first-order valence-electron chi connectivity index (χ1n) is 9.84. The maximum Gasteiger partial charge on any atom is 0.243 e. The summed E-state index contributed by atoms with van der Waals surface area (Å²) in [4.78, 5) is 8.25. The Morgan fingerprint density at radius 2 is 1.76 bits per heavy atom. The Balaban J connectivity index is 1.74. The average molecular weight is 474 g/mol. The molecule has 4 rings (SSSR count). The highest BCUT2D eigenvalue weighted by Crippen LogP contribution is 2.28. The fourth-order valence-corrected chi connectivity index (χ4v) is 4.04. The van der Waals surface area contributed by atoms with Gasteiger partial charge in [-0.1, -0.05) is 6.07 Å². The molecule has 4 aromatic rings. The van der Waals surface area contributed by atoms with E-state index in [1.807, 2.05) is 6.92 Å². The molecular formula is C20H20F2N8O2S. The van der Waals surface area contributed by atoms with Gasteiger partial charge in [-0.25, -0.2) is 27.2 Å². The van der Waals surface area contributed by atoms with Crippen molar-refractivity contribution in [3.8, 4) is 17.2 Å². The van der Waals surface area contributed by atoms with E-state index in [4.69, 9.17) is 0 Å². The van der Waals surface area contributed by atoms with Crippen molar-refractivity contribution < 1.29 is 17.2 Å². The number of nitrogens with one attached hydrogen (secondary N) is 1. The Morgan fingerprint density at radius 3 is 2.36 bits per heavy atom. The summed E-state index contributed by atoms with van der Waals surface area (Å²) in [6, 6.07) is 4.87. The minimum absolute atomic E-state index is 0.0188. The molecule has 0 bridgehead atoms. The van der Waals surface area contributed by atoms with Gasteiger partial charge in [0.15, 0.2) is 5.82 Å². The minimum Gasteiger partial charge on any atom is -0.275 e. The molecule has 3 aromatic heterocycles. The van der Waals surface area contributed by atoms with Crippen LogP contribution in [0.4, 0.5) is 14.7 Å². The van der Waals surface area contributed by atoms with Gasteiger partial charge in [0, 0.05) is 32.1 Å². The number of aryl methyl sites for hydroxylation is 2. The minimum atomic E-state index is -4.07. The molecule has 0 amide bonds. The topological polar surface area (TPSA) is 120 Å². The Hall–Kier alpha value is -3.74. The second-order valence-corrected chi connectivity index (χ2v) is 9.56. The summed E-state index contributed by atoms with van der Waals surface area (Å²) < 4.78 is 60.1. The van der Waals surface area contributed by atoms with Crippen molar-refractivity contribution in [3.05, 3.63) is 65.9 Å². The molecule has 0 radical (unpaired) electrons. The predicted octanol–water partition coefficient (Wildman–Crippen LogP) is 2.42. The summed E-state index contributed by atoms with van der Waals surface area (Å²) >= 11 is 0. The summed E-state index contributed by atoms with van der Waals surface area (Å²) in [6.07, 6.45) is 4.81. The molecule has 0 aliphatic heterocycles. The zero-order valence-corrected chi connectivity index (χ0v) is 18.8. The summed E-state index contributed by atoms with van der Waals surface area (Å²) in [5.74, 6) is -1.92. The first-order chi connectivity index (χ1) is 15.7. The van der Waals surface area contributed by atoms with E-state index in [9.17, 15) is 17.2 Å². The van der Waals surface area contributed by atoms with Crippen LogP contribution < -0.4 is 4.72 Å². The van der Waals surface area contributed by atoms with Crippen molar-refractivity contribution in [2.75, 3.05) is 4.72 Å². The van der Waals surface area contributed by atoms with E-state index in [1.165, 1.54) is 17.7 Å². The van der Waals surface area contributed by atoms with Crippen LogP contribution >= 0.6 is 0 Å². The van der Waals surface area contributed by atoms with Gasteiger partial charge in [-0.2, -0.15) is 5.10 Å². The molecule has 0 saturated heterocycles. The van der Waals surface area contributed by atoms with Crippen molar-refractivity contribution in [2.45, 2.75) is 25.5 Å². The fourth-order valence-electron chi connectivity index (χ4n) is 3.08. The van der Waals surface area contributed by atoms with Crippen molar-refractivity contribution >= 4 is 16.0 Å². The van der Waals surface area contributed by atoms with Crippen LogP contribution in [0, 0.1) is 18.6 Å². The largest absolute Gasteiger partial charge is 0.275 e. The van der Waals surface area contributed by atoms with Crippen LogP contribution in [0.15, 0.2) is 42.9 Å². The van der Waals surface area contributed by atoms with Crippen LogP contribution in [0.3, 0.4) is 0 Å². The third-order valence-electron chi connectivity index (χ3n) is 4.83. The highest BCUT2D eigenvalue weighted by molar-refractivity contribution is 7.93. The molecule has 0 saturated carbocycles. The maximum atomic E-state index is 14.7. The Kier molecular flexibility index (Phi) is 5.89. The Morgan fingerprint density at radius 1 is 1.09 bits per heavy atom. The number of halogens is 2. The molecule has 1 atom stereocenters. The number of hydrogen-bond donors (Lipinski definition) is 1. The van der Waals surface area contributed by atoms with Crippen molar-refractivity contribution in [1.82, 2.24) is 34.5 Å². The number of hydrogen-bond acceptors (Lipinski definition) is 7. The number of nitrogens with zero attached hydrogens (tertiary/aromatic N) is 7. The number of benzene rings is 1. The zero-order valence-electron chi connectivity index (χ0n) is 17.9. The molecule has 3 heterocycles. The normalized spacial score (nSPS) is 12.6. The smallest absolute Gasteiger partial charge is 0.243 e. The number of sulfonamides is 1. The van der Waals surface area contributed by atoms with Crippen LogP contribution in [0.25, 0.3) is 17.2 Å². The first kappa shape index (κ1) is 22.5. The van der Waals surface area contributed by atoms with E-state index in [0.717, 1.165) is 22.3 Å². The van der Waals surface area contributed by atoms with Crippen LogP contribution in [0.1, 0.15) is 18.3 Å². The molecule has 172 valence electrons. The zero-order chi connectivity index (χ0) is 23.8. The number of anilines is 1. The number of rotatable bonds is 7. The van der Waals surface area contributed by atoms with Crippen LogP contribution in [-0.2, 0) is 23.5 Å². The first-order valence-corrected chi connectivity index (χ1v) is 11.4. The molecule has 1 N–H and O–H groups in total. The number of para-hydroxylation sites is 1. The SMILES string of the molecule is Cc1cnc(C[C@H](C)S(=O)(=O)Nc2nnc(-c3ccn(C)n3)n2-c2c(F)cccc2F)nc1. The van der Waals surface area contributed by atoms with E-state index < -0.39 is 32.6 Å². The lowest BCUT2D eigenvalue weighted by Crippen LogP contribution is -2.29. The summed E-state index contributed by atoms with van der Waals surface area (Å²) in [7, 11) is -2.41. The van der Waals surface area contributed by atoms with Crippen molar-refractivity contribution in [3.63, 3.8) is 0 Å². The van der Waals surface area contributed by atoms with Gasteiger partial charge in [-0.05, 0) is 37.6 Å². The maximum absolute atomic E-state index is 14.7. The lowest BCUT2D eigenvalue weighted by Gasteiger charge is -2.16. The molecule has 33 heavy (non-hydrogen) atoms. The highest BCUT2D eigenvalue weighted by Gasteiger charge is 2.28. The Labute approximate surface area is 188 Å². The quantitative estimate of drug-likeness (QED) is 0.437. The van der Waals surface area contributed by atoms with Gasteiger partial charge < -0.3 is 0 Å². The molecular weight excluding hydrogens is 454 g/mol. The van der Waals surface area contributed by atoms with Crippen molar-refractivity contribution in [2.24, 2.45) is 7.05 Å². The third kappa shape index (κ3) is 4.58. The van der Waals surface area contributed by atoms with Crippen LogP contribution in [0.5, 0.6) is 0 Å². The van der Waals surface area contributed by atoms with Gasteiger partial charge in [0.1, 0.15) is 28.8 Å². The molecule has 13 heteroatoms. The van der Waals surface area contributed by atoms with Gasteiger partial charge in [0.05, 0.1) is 5.25 Å². The molecule has 0 aliphatic carbocycles. The fraction of sp³-hybridized carbons (Fsp3) is 0.250. The summed E-state index contributed by atoms with van der Waals surface area (Å²) in [5.41, 5.74) is 0.559. The van der Waals surface area contributed by atoms with Crippen LogP contribution in [-0.4, -0.2) is 48.2 Å². The van der Waals surface area contributed by atoms with Gasteiger partial charge in [-0.15, -0.1) is 10.2 Å². The lowest BCUT2D eigenvalue weighted by atomic mass is 10.2. The van der Waals surface area contributed by atoms with Gasteiger partial charge >= 0.3 is 0 Å².